The topological polar surface area (TPSA) is 94.0 Å². The van der Waals surface area contributed by atoms with Crippen molar-refractivity contribution in [3.8, 4) is 6.07 Å². The Morgan fingerprint density at radius 2 is 2.07 bits per heavy atom. The molecule has 6 nitrogen and oxygen atoms in total. The molecule has 0 bridgehead atoms. The maximum absolute atomic E-state index is 14.0. The van der Waals surface area contributed by atoms with Crippen molar-refractivity contribution >= 4 is 11.8 Å². The normalized spacial score (nSPS) is 26.1. The zero-order valence-corrected chi connectivity index (χ0v) is 16.6. The van der Waals surface area contributed by atoms with Crippen LogP contribution in [0.25, 0.3) is 0 Å². The van der Waals surface area contributed by atoms with Crippen LogP contribution in [0.15, 0.2) is 29.3 Å². The molecule has 0 aromatic heterocycles. The highest BCUT2D eigenvalue weighted by Crippen LogP contribution is 2.34. The number of carbonyl (C=O) groups excluding carboxylic acids is 2. The van der Waals surface area contributed by atoms with Crippen molar-refractivity contribution in [2.75, 3.05) is 6.54 Å². The summed E-state index contributed by atoms with van der Waals surface area (Å²) in [7, 11) is 0. The summed E-state index contributed by atoms with van der Waals surface area (Å²) in [6.07, 6.45) is 0.709. The third-order valence-corrected chi connectivity index (χ3v) is 5.85. The van der Waals surface area contributed by atoms with Gasteiger partial charge >= 0.3 is 0 Å². The molecular weight excluding hydrogens is 378 g/mol. The lowest BCUT2D eigenvalue weighted by atomic mass is 9.74. The van der Waals surface area contributed by atoms with Gasteiger partial charge in [0.1, 0.15) is 17.7 Å². The molecule has 0 aliphatic carbocycles. The zero-order chi connectivity index (χ0) is 21.3. The molecule has 3 unspecified atom stereocenters. The largest absolute Gasteiger partial charge is 0.349 e. The van der Waals surface area contributed by atoms with Crippen LogP contribution < -0.4 is 16.0 Å². The fourth-order valence-electron chi connectivity index (χ4n) is 4.32. The molecule has 1 aromatic rings. The summed E-state index contributed by atoms with van der Waals surface area (Å²) in [5.41, 5.74) is 1.21. The molecule has 29 heavy (non-hydrogen) atoms. The van der Waals surface area contributed by atoms with E-state index in [1.807, 2.05) is 0 Å². The van der Waals surface area contributed by atoms with Gasteiger partial charge in [0.25, 0.3) is 0 Å². The van der Waals surface area contributed by atoms with Crippen LogP contribution in [0.2, 0.25) is 0 Å². The second-order valence-electron chi connectivity index (χ2n) is 7.67. The number of nitriles is 1. The Bertz CT molecular complexity index is 908. The number of halogens is 2. The molecule has 154 valence electrons. The fraction of sp³-hybridized carbons (Fsp3) is 0.476. The number of fused-ring (bicyclic) bond motifs is 1. The van der Waals surface area contributed by atoms with Crippen molar-refractivity contribution in [1.29, 1.82) is 5.26 Å². The lowest BCUT2D eigenvalue weighted by Gasteiger charge is -2.41. The van der Waals surface area contributed by atoms with Gasteiger partial charge in [-0.05, 0) is 39.8 Å². The second kappa shape index (κ2) is 8.29. The number of hydrogen-bond donors (Lipinski definition) is 3. The molecule has 3 rings (SSSR count). The Morgan fingerprint density at radius 3 is 2.72 bits per heavy atom. The summed E-state index contributed by atoms with van der Waals surface area (Å²) in [5, 5.41) is 18.2. The van der Waals surface area contributed by atoms with Crippen LogP contribution in [-0.2, 0) is 9.59 Å². The van der Waals surface area contributed by atoms with E-state index in [4.69, 9.17) is 0 Å². The first-order chi connectivity index (χ1) is 13.7. The number of nitrogens with one attached hydrogen (secondary N) is 3. The number of piperidine rings is 1. The third kappa shape index (κ3) is 4.01. The first-order valence-corrected chi connectivity index (χ1v) is 9.64. The number of rotatable bonds is 4. The first-order valence-electron chi connectivity index (χ1n) is 9.64. The third-order valence-electron chi connectivity index (χ3n) is 5.85. The number of benzene rings is 1. The van der Waals surface area contributed by atoms with E-state index in [9.17, 15) is 23.6 Å². The van der Waals surface area contributed by atoms with Gasteiger partial charge in [-0.1, -0.05) is 11.6 Å². The molecule has 2 amide bonds. The maximum atomic E-state index is 14.0. The van der Waals surface area contributed by atoms with E-state index in [2.05, 4.69) is 22.0 Å². The van der Waals surface area contributed by atoms with Crippen molar-refractivity contribution in [2.24, 2.45) is 11.8 Å². The van der Waals surface area contributed by atoms with Crippen LogP contribution in [-0.4, -0.2) is 30.4 Å². The molecule has 3 N–H and O–H groups in total. The van der Waals surface area contributed by atoms with Gasteiger partial charge in [0.15, 0.2) is 0 Å². The van der Waals surface area contributed by atoms with Crippen LogP contribution in [0.1, 0.15) is 38.8 Å². The second-order valence-corrected chi connectivity index (χ2v) is 7.67. The van der Waals surface area contributed by atoms with Crippen LogP contribution in [0.3, 0.4) is 0 Å². The quantitative estimate of drug-likeness (QED) is 0.719. The highest BCUT2D eigenvalue weighted by molar-refractivity contribution is 6.01. The molecule has 8 heteroatoms. The Labute approximate surface area is 168 Å². The predicted octanol–water partition coefficient (Wildman–Crippen LogP) is 2.09. The van der Waals surface area contributed by atoms with E-state index in [0.717, 1.165) is 17.7 Å². The average molecular weight is 402 g/mol. The van der Waals surface area contributed by atoms with E-state index in [-0.39, 0.29) is 23.4 Å². The van der Waals surface area contributed by atoms with Crippen LogP contribution in [0.4, 0.5) is 8.78 Å². The molecule has 2 heterocycles. The van der Waals surface area contributed by atoms with E-state index < -0.39 is 35.5 Å². The standard InChI is InChI=1S/C21H24F2N4O2/c1-10-18(21(29)27-16-6-7-25-17(9-24)19(10)16)11(2)20(28)26-12(3)14-5-4-13(22)8-15(14)23/h4-5,8,11-12,16-17,19,25H,6-7H2,1-3H3,(H,26,28)(H,27,29)/t11-,12+,16?,17?,19?/m1/s1. The Kier molecular flexibility index (Phi) is 5.99. The SMILES string of the molecule is CC1=C([C@@H](C)C(=O)N[C@@H](C)c2ccc(F)cc2F)C(=O)NC2CCNC(C#N)C12. The van der Waals surface area contributed by atoms with Gasteiger partial charge in [0, 0.05) is 29.2 Å². The highest BCUT2D eigenvalue weighted by atomic mass is 19.1. The van der Waals surface area contributed by atoms with Gasteiger partial charge in [-0.15, -0.1) is 0 Å². The van der Waals surface area contributed by atoms with E-state index in [1.54, 1.807) is 20.8 Å². The van der Waals surface area contributed by atoms with Crippen molar-refractivity contribution in [1.82, 2.24) is 16.0 Å². The summed E-state index contributed by atoms with van der Waals surface area (Å²) >= 11 is 0. The minimum Gasteiger partial charge on any atom is -0.349 e. The molecule has 0 spiro atoms. The summed E-state index contributed by atoms with van der Waals surface area (Å²) < 4.78 is 27.1. The van der Waals surface area contributed by atoms with Crippen molar-refractivity contribution in [3.63, 3.8) is 0 Å². The summed E-state index contributed by atoms with van der Waals surface area (Å²) in [6, 6.07) is 4.13. The Balaban J connectivity index is 1.82. The van der Waals surface area contributed by atoms with Gasteiger partial charge < -0.3 is 16.0 Å². The van der Waals surface area contributed by atoms with Gasteiger partial charge in [-0.2, -0.15) is 5.26 Å². The zero-order valence-electron chi connectivity index (χ0n) is 16.6. The smallest absolute Gasteiger partial charge is 0.248 e. The highest BCUT2D eigenvalue weighted by Gasteiger charge is 2.42. The Morgan fingerprint density at radius 1 is 1.34 bits per heavy atom. The van der Waals surface area contributed by atoms with Gasteiger partial charge in [-0.25, -0.2) is 8.78 Å². The van der Waals surface area contributed by atoms with Gasteiger partial charge in [0.05, 0.1) is 18.0 Å². The van der Waals surface area contributed by atoms with E-state index in [1.165, 1.54) is 6.07 Å². The Hall–Kier alpha value is -2.79. The molecular formula is C21H24F2N4O2. The predicted molar refractivity (Wildman–Crippen MR) is 102 cm³/mol. The minimum atomic E-state index is -0.789. The molecule has 2 aliphatic rings. The summed E-state index contributed by atoms with van der Waals surface area (Å²) in [4.78, 5) is 25.5. The molecule has 0 radical (unpaired) electrons. The first kappa shape index (κ1) is 20.9. The van der Waals surface area contributed by atoms with Gasteiger partial charge in [-0.3, -0.25) is 9.59 Å². The fourth-order valence-corrected chi connectivity index (χ4v) is 4.32. The van der Waals surface area contributed by atoms with Crippen LogP contribution in [0, 0.1) is 34.8 Å². The van der Waals surface area contributed by atoms with E-state index in [0.29, 0.717) is 18.5 Å². The van der Waals surface area contributed by atoms with Crippen molar-refractivity contribution in [3.05, 3.63) is 46.5 Å². The lowest BCUT2D eigenvalue weighted by molar-refractivity contribution is -0.127. The lowest BCUT2D eigenvalue weighted by Crippen LogP contribution is -2.58. The molecule has 5 atom stereocenters. The number of hydrogen-bond acceptors (Lipinski definition) is 4. The molecule has 1 aromatic carbocycles. The number of carbonyl (C=O) groups is 2. The maximum Gasteiger partial charge on any atom is 0.248 e. The molecule has 2 aliphatic heterocycles. The molecule has 1 fully saturated rings. The van der Waals surface area contributed by atoms with Crippen LogP contribution >= 0.6 is 0 Å². The summed E-state index contributed by atoms with van der Waals surface area (Å²) in [6.45, 7) is 5.63. The number of nitrogens with zero attached hydrogens (tertiary/aromatic N) is 1. The number of amides is 2. The van der Waals surface area contributed by atoms with Crippen molar-refractivity contribution in [2.45, 2.75) is 45.3 Å². The van der Waals surface area contributed by atoms with Crippen LogP contribution in [0.5, 0.6) is 0 Å². The minimum absolute atomic E-state index is 0.139. The van der Waals surface area contributed by atoms with Crippen molar-refractivity contribution < 1.29 is 18.4 Å². The molecule has 1 saturated heterocycles. The van der Waals surface area contributed by atoms with E-state index >= 15 is 0 Å². The van der Waals surface area contributed by atoms with Gasteiger partial charge in [0.2, 0.25) is 11.8 Å². The monoisotopic (exact) mass is 402 g/mol. The summed E-state index contributed by atoms with van der Waals surface area (Å²) in [5.74, 6) is -3.19. The average Bonchev–Trinajstić information content (AvgIpc) is 2.66. The molecule has 0 saturated carbocycles.